The molecule has 1 atom stereocenters. The third kappa shape index (κ3) is 6.07. The smallest absolute Gasteiger partial charge is 0.254 e. The van der Waals surface area contributed by atoms with Crippen molar-refractivity contribution < 1.29 is 9.59 Å². The quantitative estimate of drug-likeness (QED) is 0.700. The summed E-state index contributed by atoms with van der Waals surface area (Å²) < 4.78 is 0. The number of rotatable bonds is 8. The Kier molecular flexibility index (Phi) is 7.76. The molecule has 0 spiro atoms. The molecule has 5 nitrogen and oxygen atoms in total. The molecule has 1 aromatic carbocycles. The van der Waals surface area contributed by atoms with Crippen molar-refractivity contribution in [3.05, 3.63) is 55.1 Å². The van der Waals surface area contributed by atoms with E-state index in [0.717, 1.165) is 18.1 Å². The number of benzene rings is 1. The van der Waals surface area contributed by atoms with Crippen LogP contribution in [0.1, 0.15) is 16.8 Å². The third-order valence-electron chi connectivity index (χ3n) is 3.83. The second-order valence-corrected chi connectivity index (χ2v) is 6.99. The molecule has 2 N–H and O–H groups in total. The number of nitrogens with one attached hydrogen (secondary N) is 2. The molecule has 2 rings (SSSR count). The summed E-state index contributed by atoms with van der Waals surface area (Å²) in [5, 5.41) is 6.24. The number of carbonyl (C=O) groups excluding carboxylic acids is 2. The first-order chi connectivity index (χ1) is 12.1. The van der Waals surface area contributed by atoms with Gasteiger partial charge in [-0.05, 0) is 24.3 Å². The fraction of sp³-hybridized carbons (Fsp3) is 0.368. The first-order valence-corrected chi connectivity index (χ1v) is 9.51. The highest BCUT2D eigenvalue weighted by molar-refractivity contribution is 7.99. The summed E-state index contributed by atoms with van der Waals surface area (Å²) in [7, 11) is 0. The molecular weight excluding hydrogens is 334 g/mol. The molecule has 0 bridgehead atoms. The molecule has 1 saturated heterocycles. The zero-order valence-electron chi connectivity index (χ0n) is 14.4. The molecule has 1 aromatic rings. The van der Waals surface area contributed by atoms with E-state index in [9.17, 15) is 9.59 Å². The number of carbonyl (C=O) groups is 2. The van der Waals surface area contributed by atoms with Crippen LogP contribution in [-0.2, 0) is 4.79 Å². The predicted molar refractivity (Wildman–Crippen MR) is 105 cm³/mol. The molecule has 6 heteroatoms. The van der Waals surface area contributed by atoms with Gasteiger partial charge < -0.3 is 15.5 Å². The standard InChI is InChI=1S/C19H25N3O2S/c1-3-10-22(11-4-2)19(24)15-5-7-16(8-6-15)21-18(23)13-17-14-25-12-9-20-17/h3-8,17,20H,1-2,9-14H2,(H,21,23). The van der Waals surface area contributed by atoms with Gasteiger partial charge in [-0.1, -0.05) is 12.2 Å². The van der Waals surface area contributed by atoms with Crippen molar-refractivity contribution in [2.75, 3.05) is 36.5 Å². The highest BCUT2D eigenvalue weighted by Gasteiger charge is 2.17. The number of anilines is 1. The van der Waals surface area contributed by atoms with Gasteiger partial charge in [0.25, 0.3) is 5.91 Å². The number of amides is 2. The molecule has 0 saturated carbocycles. The summed E-state index contributed by atoms with van der Waals surface area (Å²) in [5.74, 6) is 1.96. The Labute approximate surface area is 153 Å². The first kappa shape index (κ1) is 19.3. The second-order valence-electron chi connectivity index (χ2n) is 5.84. The minimum Gasteiger partial charge on any atom is -0.331 e. The number of nitrogens with zero attached hydrogens (tertiary/aromatic N) is 1. The second kappa shape index (κ2) is 10.1. The minimum absolute atomic E-state index is 0.0148. The van der Waals surface area contributed by atoms with E-state index in [1.807, 2.05) is 11.8 Å². The van der Waals surface area contributed by atoms with Gasteiger partial charge in [-0.15, -0.1) is 13.2 Å². The van der Waals surface area contributed by atoms with Crippen LogP contribution in [0.4, 0.5) is 5.69 Å². The molecule has 1 unspecified atom stereocenters. The molecule has 0 aromatic heterocycles. The lowest BCUT2D eigenvalue weighted by molar-refractivity contribution is -0.116. The Morgan fingerprint density at radius 3 is 2.48 bits per heavy atom. The van der Waals surface area contributed by atoms with Gasteiger partial charge in [0.05, 0.1) is 0 Å². The lowest BCUT2D eigenvalue weighted by atomic mass is 10.1. The van der Waals surface area contributed by atoms with Crippen molar-refractivity contribution in [3.8, 4) is 0 Å². The fourth-order valence-electron chi connectivity index (χ4n) is 2.62. The lowest BCUT2D eigenvalue weighted by Crippen LogP contribution is -2.39. The van der Waals surface area contributed by atoms with Crippen molar-refractivity contribution in [2.45, 2.75) is 12.5 Å². The number of hydrogen-bond donors (Lipinski definition) is 2. The van der Waals surface area contributed by atoms with Crippen LogP contribution in [0.3, 0.4) is 0 Å². The summed E-state index contributed by atoms with van der Waals surface area (Å²) in [5.41, 5.74) is 1.27. The van der Waals surface area contributed by atoms with Crippen molar-refractivity contribution >= 4 is 29.3 Å². The molecular formula is C19H25N3O2S. The fourth-order valence-corrected chi connectivity index (χ4v) is 3.57. The molecule has 0 aliphatic carbocycles. The largest absolute Gasteiger partial charge is 0.331 e. The van der Waals surface area contributed by atoms with Crippen molar-refractivity contribution in [1.29, 1.82) is 0 Å². The van der Waals surface area contributed by atoms with Gasteiger partial charge in [-0.2, -0.15) is 11.8 Å². The highest BCUT2D eigenvalue weighted by atomic mass is 32.2. The number of thioether (sulfide) groups is 1. The van der Waals surface area contributed by atoms with Crippen LogP contribution in [0.15, 0.2) is 49.6 Å². The van der Waals surface area contributed by atoms with E-state index >= 15 is 0 Å². The van der Waals surface area contributed by atoms with Crippen LogP contribution in [0.2, 0.25) is 0 Å². The van der Waals surface area contributed by atoms with E-state index in [2.05, 4.69) is 23.8 Å². The van der Waals surface area contributed by atoms with Gasteiger partial charge in [0.1, 0.15) is 0 Å². The Morgan fingerprint density at radius 1 is 1.24 bits per heavy atom. The van der Waals surface area contributed by atoms with Gasteiger partial charge in [-0.3, -0.25) is 9.59 Å². The maximum Gasteiger partial charge on any atom is 0.254 e. The Balaban J connectivity index is 1.91. The minimum atomic E-state index is -0.0823. The average molecular weight is 359 g/mol. The molecule has 0 radical (unpaired) electrons. The number of hydrogen-bond acceptors (Lipinski definition) is 4. The lowest BCUT2D eigenvalue weighted by Gasteiger charge is -2.22. The van der Waals surface area contributed by atoms with Crippen molar-refractivity contribution in [2.24, 2.45) is 0 Å². The maximum atomic E-state index is 12.5. The molecule has 134 valence electrons. The summed E-state index contributed by atoms with van der Waals surface area (Å²) >= 11 is 1.87. The first-order valence-electron chi connectivity index (χ1n) is 8.36. The monoisotopic (exact) mass is 359 g/mol. The van der Waals surface area contributed by atoms with E-state index in [1.165, 1.54) is 0 Å². The topological polar surface area (TPSA) is 61.4 Å². The van der Waals surface area contributed by atoms with Crippen molar-refractivity contribution in [1.82, 2.24) is 10.2 Å². The zero-order chi connectivity index (χ0) is 18.1. The summed E-state index contributed by atoms with van der Waals surface area (Å²) in [6.07, 6.45) is 3.83. The van der Waals surface area contributed by atoms with Gasteiger partial charge in [0.2, 0.25) is 5.91 Å². The van der Waals surface area contributed by atoms with E-state index < -0.39 is 0 Å². The zero-order valence-corrected chi connectivity index (χ0v) is 15.2. The van der Waals surface area contributed by atoms with Gasteiger partial charge in [-0.25, -0.2) is 0 Å². The SMILES string of the molecule is C=CCN(CC=C)C(=O)c1ccc(NC(=O)CC2CSCCN2)cc1. The summed E-state index contributed by atoms with van der Waals surface area (Å²) in [6.45, 7) is 9.23. The van der Waals surface area contributed by atoms with Crippen molar-refractivity contribution in [3.63, 3.8) is 0 Å². The predicted octanol–water partition coefficient (Wildman–Crippen LogP) is 2.53. The third-order valence-corrected chi connectivity index (χ3v) is 4.96. The molecule has 2 amide bonds. The summed E-state index contributed by atoms with van der Waals surface area (Å²) in [4.78, 5) is 26.2. The van der Waals surface area contributed by atoms with Crippen LogP contribution in [0.5, 0.6) is 0 Å². The normalized spacial score (nSPS) is 16.7. The van der Waals surface area contributed by atoms with E-state index in [1.54, 1.807) is 41.3 Å². The van der Waals surface area contributed by atoms with Crippen LogP contribution in [-0.4, -0.2) is 53.9 Å². The Hall–Kier alpha value is -2.05. The molecule has 1 fully saturated rings. The molecule has 25 heavy (non-hydrogen) atoms. The van der Waals surface area contributed by atoms with Crippen LogP contribution in [0.25, 0.3) is 0 Å². The van der Waals surface area contributed by atoms with Gasteiger partial charge in [0.15, 0.2) is 0 Å². The summed E-state index contributed by atoms with van der Waals surface area (Å²) in [6, 6.07) is 7.20. The average Bonchev–Trinajstić information content (AvgIpc) is 2.62. The van der Waals surface area contributed by atoms with E-state index in [4.69, 9.17) is 0 Å². The van der Waals surface area contributed by atoms with E-state index in [-0.39, 0.29) is 17.9 Å². The maximum absolute atomic E-state index is 12.5. The van der Waals surface area contributed by atoms with Crippen LogP contribution in [0, 0.1) is 0 Å². The van der Waals surface area contributed by atoms with E-state index in [0.29, 0.717) is 30.8 Å². The molecule has 1 aliphatic heterocycles. The highest BCUT2D eigenvalue weighted by Crippen LogP contribution is 2.14. The Morgan fingerprint density at radius 2 is 1.92 bits per heavy atom. The Bertz CT molecular complexity index is 600. The van der Waals surface area contributed by atoms with Crippen LogP contribution >= 0.6 is 11.8 Å². The van der Waals surface area contributed by atoms with Gasteiger partial charge >= 0.3 is 0 Å². The van der Waals surface area contributed by atoms with Crippen LogP contribution < -0.4 is 10.6 Å². The molecule has 1 heterocycles. The molecule has 1 aliphatic rings. The van der Waals surface area contributed by atoms with Gasteiger partial charge in [0, 0.05) is 54.9 Å².